The Hall–Kier alpha value is -4.08. The molecule has 3 heterocycles. The number of aromatic nitrogens is 4. The number of carbonyl (C=O) groups is 2. The monoisotopic (exact) mass is 423 g/mol. The predicted octanol–water partition coefficient (Wildman–Crippen LogP) is 2.38. The van der Waals surface area contributed by atoms with Gasteiger partial charge < -0.3 is 10.2 Å². The molecule has 3 aromatic heterocycles. The van der Waals surface area contributed by atoms with Crippen LogP contribution in [-0.2, 0) is 13.1 Å². The molecule has 10 heteroatoms. The number of aryl methyl sites for hydroxylation is 1. The van der Waals surface area contributed by atoms with Crippen LogP contribution in [0.5, 0.6) is 0 Å². The SMILES string of the molecule is CCCn1c(=O)n(CC(=O)c2ccc(F)cc2)c2c(C(N)=O)nc(-c3ccco3)nc21. The van der Waals surface area contributed by atoms with Crippen LogP contribution in [0.4, 0.5) is 4.39 Å². The van der Waals surface area contributed by atoms with Gasteiger partial charge in [-0.25, -0.2) is 19.2 Å². The van der Waals surface area contributed by atoms with Crippen molar-refractivity contribution in [1.29, 1.82) is 0 Å². The van der Waals surface area contributed by atoms with E-state index in [1.807, 2.05) is 6.92 Å². The lowest BCUT2D eigenvalue weighted by Crippen LogP contribution is -2.27. The Morgan fingerprint density at radius 1 is 1.13 bits per heavy atom. The summed E-state index contributed by atoms with van der Waals surface area (Å²) >= 11 is 0. The molecule has 1 amide bonds. The van der Waals surface area contributed by atoms with Crippen molar-refractivity contribution in [2.24, 2.45) is 5.73 Å². The smallest absolute Gasteiger partial charge is 0.330 e. The number of Topliss-reactive ketones (excluding diaryl/α,β-unsaturated/α-hetero) is 1. The van der Waals surface area contributed by atoms with Gasteiger partial charge in [0.05, 0.1) is 12.8 Å². The summed E-state index contributed by atoms with van der Waals surface area (Å²) < 4.78 is 21.0. The number of fused-ring (bicyclic) bond motifs is 1. The first-order valence-electron chi connectivity index (χ1n) is 9.54. The number of hydrogen-bond acceptors (Lipinski definition) is 6. The van der Waals surface area contributed by atoms with E-state index in [0.717, 1.165) is 16.7 Å². The first-order valence-corrected chi connectivity index (χ1v) is 9.54. The number of nitrogens with zero attached hydrogens (tertiary/aromatic N) is 4. The molecule has 0 radical (unpaired) electrons. The van der Waals surface area contributed by atoms with Crippen LogP contribution in [-0.4, -0.2) is 30.8 Å². The molecule has 2 N–H and O–H groups in total. The van der Waals surface area contributed by atoms with E-state index in [2.05, 4.69) is 9.97 Å². The number of ketones is 1. The van der Waals surface area contributed by atoms with Crippen molar-refractivity contribution in [2.45, 2.75) is 26.4 Å². The zero-order valence-corrected chi connectivity index (χ0v) is 16.5. The topological polar surface area (TPSA) is 126 Å². The number of halogens is 1. The van der Waals surface area contributed by atoms with Gasteiger partial charge in [0.15, 0.2) is 28.7 Å². The quantitative estimate of drug-likeness (QED) is 0.455. The number of nitrogens with two attached hydrogens (primary N) is 1. The van der Waals surface area contributed by atoms with Gasteiger partial charge in [0, 0.05) is 12.1 Å². The van der Waals surface area contributed by atoms with E-state index < -0.39 is 23.2 Å². The van der Waals surface area contributed by atoms with Crippen molar-refractivity contribution < 1.29 is 18.4 Å². The summed E-state index contributed by atoms with van der Waals surface area (Å²) in [7, 11) is 0. The van der Waals surface area contributed by atoms with E-state index in [0.29, 0.717) is 18.7 Å². The van der Waals surface area contributed by atoms with Crippen molar-refractivity contribution >= 4 is 22.9 Å². The minimum atomic E-state index is -0.878. The summed E-state index contributed by atoms with van der Waals surface area (Å²) in [6, 6.07) is 8.22. The predicted molar refractivity (Wildman–Crippen MR) is 109 cm³/mol. The van der Waals surface area contributed by atoms with Gasteiger partial charge in [0.2, 0.25) is 0 Å². The highest BCUT2D eigenvalue weighted by molar-refractivity contribution is 6.03. The fourth-order valence-electron chi connectivity index (χ4n) is 3.34. The van der Waals surface area contributed by atoms with Crippen LogP contribution in [0.15, 0.2) is 51.9 Å². The lowest BCUT2D eigenvalue weighted by Gasteiger charge is -2.06. The van der Waals surface area contributed by atoms with Crippen molar-refractivity contribution in [3.63, 3.8) is 0 Å². The summed E-state index contributed by atoms with van der Waals surface area (Å²) in [6.45, 7) is 1.80. The molecule has 0 aliphatic carbocycles. The van der Waals surface area contributed by atoms with Crippen molar-refractivity contribution in [3.8, 4) is 11.6 Å². The van der Waals surface area contributed by atoms with Crippen molar-refractivity contribution in [2.75, 3.05) is 0 Å². The van der Waals surface area contributed by atoms with Crippen LogP contribution < -0.4 is 11.4 Å². The summed E-state index contributed by atoms with van der Waals surface area (Å²) in [5, 5.41) is 0. The van der Waals surface area contributed by atoms with Crippen LogP contribution in [0.2, 0.25) is 0 Å². The normalized spacial score (nSPS) is 11.2. The number of imidazole rings is 1. The Morgan fingerprint density at radius 3 is 2.48 bits per heavy atom. The van der Waals surface area contributed by atoms with Gasteiger partial charge in [-0.3, -0.25) is 18.7 Å². The molecule has 0 fully saturated rings. The average Bonchev–Trinajstić information content (AvgIpc) is 3.37. The van der Waals surface area contributed by atoms with Gasteiger partial charge in [-0.2, -0.15) is 0 Å². The summed E-state index contributed by atoms with van der Waals surface area (Å²) in [6.07, 6.45) is 2.04. The molecule has 4 rings (SSSR count). The second kappa shape index (κ2) is 7.98. The van der Waals surface area contributed by atoms with Gasteiger partial charge in [0.25, 0.3) is 5.91 Å². The molecule has 158 valence electrons. The van der Waals surface area contributed by atoms with Gasteiger partial charge in [-0.1, -0.05) is 6.92 Å². The minimum absolute atomic E-state index is 0.0664. The molecular formula is C21H18FN5O4. The molecule has 0 aliphatic heterocycles. The van der Waals surface area contributed by atoms with Crippen LogP contribution in [0.3, 0.4) is 0 Å². The number of primary amides is 1. The summed E-state index contributed by atoms with van der Waals surface area (Å²) in [5.41, 5.74) is 5.29. The van der Waals surface area contributed by atoms with Gasteiger partial charge in [-0.05, 0) is 42.8 Å². The zero-order valence-electron chi connectivity index (χ0n) is 16.5. The fraction of sp³-hybridized carbons (Fsp3) is 0.190. The number of carbonyl (C=O) groups excluding carboxylic acids is 2. The van der Waals surface area contributed by atoms with E-state index in [-0.39, 0.29) is 34.8 Å². The molecule has 0 bridgehead atoms. The maximum atomic E-state index is 13.2. The molecule has 0 saturated carbocycles. The van der Waals surface area contributed by atoms with Crippen LogP contribution in [0, 0.1) is 5.82 Å². The lowest BCUT2D eigenvalue weighted by atomic mass is 10.1. The first kappa shape index (κ1) is 20.2. The highest BCUT2D eigenvalue weighted by Gasteiger charge is 2.25. The van der Waals surface area contributed by atoms with E-state index >= 15 is 0 Å². The largest absolute Gasteiger partial charge is 0.461 e. The highest BCUT2D eigenvalue weighted by Crippen LogP contribution is 2.22. The Kier molecular flexibility index (Phi) is 5.20. The number of benzene rings is 1. The van der Waals surface area contributed by atoms with Crippen molar-refractivity contribution in [1.82, 2.24) is 19.1 Å². The first-order chi connectivity index (χ1) is 14.9. The van der Waals surface area contributed by atoms with Crippen LogP contribution in [0.25, 0.3) is 22.7 Å². The third-order valence-corrected chi connectivity index (χ3v) is 4.74. The minimum Gasteiger partial charge on any atom is -0.461 e. The second-order valence-electron chi connectivity index (χ2n) is 6.86. The van der Waals surface area contributed by atoms with E-state index in [4.69, 9.17) is 10.2 Å². The second-order valence-corrected chi connectivity index (χ2v) is 6.86. The molecule has 1 aromatic carbocycles. The van der Waals surface area contributed by atoms with E-state index in [1.165, 1.54) is 23.0 Å². The molecule has 4 aromatic rings. The van der Waals surface area contributed by atoms with Gasteiger partial charge in [-0.15, -0.1) is 0 Å². The number of rotatable bonds is 7. The Labute approximate surface area is 174 Å². The zero-order chi connectivity index (χ0) is 22.1. The molecule has 0 unspecified atom stereocenters. The average molecular weight is 423 g/mol. The van der Waals surface area contributed by atoms with Crippen LogP contribution >= 0.6 is 0 Å². The number of furan rings is 1. The lowest BCUT2D eigenvalue weighted by molar-refractivity contribution is 0.0966. The van der Waals surface area contributed by atoms with Gasteiger partial charge in [0.1, 0.15) is 11.3 Å². The molecule has 0 atom stereocenters. The highest BCUT2D eigenvalue weighted by atomic mass is 19.1. The van der Waals surface area contributed by atoms with E-state index in [9.17, 15) is 18.8 Å². The van der Waals surface area contributed by atoms with Crippen LogP contribution in [0.1, 0.15) is 34.2 Å². The maximum absolute atomic E-state index is 13.2. The number of amides is 1. The molecule has 0 aliphatic rings. The molecule has 9 nitrogen and oxygen atoms in total. The molecule has 31 heavy (non-hydrogen) atoms. The standard InChI is InChI=1S/C21H18FN5O4/c1-2-9-26-20-17(16(18(23)29)24-19(25-20)15-4-3-10-31-15)27(21(26)30)11-14(28)12-5-7-13(22)8-6-12/h3-8,10H,2,9,11H2,1H3,(H2,23,29). The number of hydrogen-bond donors (Lipinski definition) is 1. The third kappa shape index (κ3) is 3.63. The Morgan fingerprint density at radius 2 is 1.87 bits per heavy atom. The van der Waals surface area contributed by atoms with Crippen molar-refractivity contribution in [3.05, 3.63) is 70.2 Å². The fourth-order valence-corrected chi connectivity index (χ4v) is 3.34. The maximum Gasteiger partial charge on any atom is 0.330 e. The molecule has 0 saturated heterocycles. The molecular weight excluding hydrogens is 405 g/mol. The Balaban J connectivity index is 1.93. The van der Waals surface area contributed by atoms with Gasteiger partial charge >= 0.3 is 5.69 Å². The molecule has 0 spiro atoms. The third-order valence-electron chi connectivity index (χ3n) is 4.74. The Bertz CT molecular complexity index is 1340. The summed E-state index contributed by atoms with van der Waals surface area (Å²) in [4.78, 5) is 46.7. The van der Waals surface area contributed by atoms with E-state index in [1.54, 1.807) is 12.1 Å². The summed E-state index contributed by atoms with van der Waals surface area (Å²) in [5.74, 6) is -1.41.